The van der Waals surface area contributed by atoms with Gasteiger partial charge in [-0.05, 0) is 22.0 Å². The number of carbonyl (C=O) groups excluding carboxylic acids is 3. The molecule has 1 rings (SSSR count). The third-order valence-corrected chi connectivity index (χ3v) is 2.44. The Balaban J connectivity index is 2.90. The predicted octanol–water partition coefficient (Wildman–Crippen LogP) is -0.545. The number of nitrogens with two attached hydrogens (primary N) is 2. The van der Waals surface area contributed by atoms with Crippen molar-refractivity contribution in [3.63, 3.8) is 0 Å². The van der Waals surface area contributed by atoms with Crippen molar-refractivity contribution >= 4 is 33.7 Å². The zero-order valence-electron chi connectivity index (χ0n) is 8.68. The third-order valence-electron chi connectivity index (χ3n) is 1.83. The van der Waals surface area contributed by atoms with E-state index in [0.29, 0.717) is 0 Å². The minimum absolute atomic E-state index is 0.188. The van der Waals surface area contributed by atoms with Gasteiger partial charge in [-0.25, -0.2) is 0 Å². The molecule has 0 unspecified atom stereocenters. The van der Waals surface area contributed by atoms with Crippen molar-refractivity contribution < 1.29 is 18.8 Å². The molecule has 17 heavy (non-hydrogen) atoms. The lowest BCUT2D eigenvalue weighted by Gasteiger charge is -2.18. The first-order valence-corrected chi connectivity index (χ1v) is 5.30. The van der Waals surface area contributed by atoms with E-state index in [1.807, 2.05) is 0 Å². The minimum atomic E-state index is -0.737. The summed E-state index contributed by atoms with van der Waals surface area (Å²) < 4.78 is 5.09. The molecule has 0 aromatic carbocycles. The topological polar surface area (TPSA) is 120 Å². The van der Waals surface area contributed by atoms with Crippen LogP contribution in [0.15, 0.2) is 21.4 Å². The smallest absolute Gasteiger partial charge is 0.259 e. The molecule has 0 saturated carbocycles. The molecule has 0 radical (unpaired) electrons. The molecule has 4 N–H and O–H groups in total. The molecule has 0 atom stereocenters. The Bertz CT molecular complexity index is 441. The van der Waals surface area contributed by atoms with Crippen molar-refractivity contribution in [2.24, 2.45) is 11.5 Å². The summed E-state index contributed by atoms with van der Waals surface area (Å²) in [6, 6.07) is 1.40. The maximum absolute atomic E-state index is 11.9. The van der Waals surface area contributed by atoms with Crippen LogP contribution in [0.5, 0.6) is 0 Å². The molecule has 0 aliphatic heterocycles. The normalized spacial score (nSPS) is 9.94. The number of amides is 3. The number of hydrogen-bond acceptors (Lipinski definition) is 4. The van der Waals surface area contributed by atoms with Gasteiger partial charge in [0.05, 0.1) is 11.8 Å². The Kier molecular flexibility index (Phi) is 4.27. The SMILES string of the molecule is NC(=O)CN(CC(N)=O)C(=O)c1ccoc1Br. The number of halogens is 1. The van der Waals surface area contributed by atoms with Gasteiger partial charge in [0.15, 0.2) is 4.67 Å². The monoisotopic (exact) mass is 303 g/mol. The summed E-state index contributed by atoms with van der Waals surface area (Å²) in [6.45, 7) is -0.779. The fraction of sp³-hybridized carbons (Fsp3) is 0.222. The molecule has 0 aliphatic rings. The van der Waals surface area contributed by atoms with Crippen molar-refractivity contribution in [1.29, 1.82) is 0 Å². The highest BCUT2D eigenvalue weighted by Gasteiger charge is 2.22. The largest absolute Gasteiger partial charge is 0.457 e. The van der Waals surface area contributed by atoms with Gasteiger partial charge in [0.1, 0.15) is 13.1 Å². The first-order valence-electron chi connectivity index (χ1n) is 4.50. The lowest BCUT2D eigenvalue weighted by molar-refractivity contribution is -0.121. The molecular weight excluding hydrogens is 294 g/mol. The van der Waals surface area contributed by atoms with Gasteiger partial charge in [-0.15, -0.1) is 0 Å². The Hall–Kier alpha value is -1.83. The van der Waals surface area contributed by atoms with Crippen LogP contribution in [0.25, 0.3) is 0 Å². The number of furan rings is 1. The summed E-state index contributed by atoms with van der Waals surface area (Å²) in [5, 5.41) is 0. The van der Waals surface area contributed by atoms with E-state index in [0.717, 1.165) is 4.90 Å². The van der Waals surface area contributed by atoms with Gasteiger partial charge >= 0.3 is 0 Å². The molecule has 0 fully saturated rings. The Labute approximate surface area is 105 Å². The van der Waals surface area contributed by atoms with Crippen LogP contribution in [0, 0.1) is 0 Å². The Morgan fingerprint density at radius 3 is 2.12 bits per heavy atom. The van der Waals surface area contributed by atoms with E-state index in [9.17, 15) is 14.4 Å². The average molecular weight is 304 g/mol. The standard InChI is InChI=1S/C9H10BrN3O4/c10-8-5(1-2-17-8)9(16)13(3-6(11)14)4-7(12)15/h1-2H,3-4H2,(H2,11,14)(H2,12,15). The Morgan fingerprint density at radius 2 is 1.76 bits per heavy atom. The van der Waals surface area contributed by atoms with Crippen LogP contribution in [0.4, 0.5) is 0 Å². The second-order valence-electron chi connectivity index (χ2n) is 3.20. The van der Waals surface area contributed by atoms with E-state index >= 15 is 0 Å². The van der Waals surface area contributed by atoms with Gasteiger partial charge in [0.2, 0.25) is 11.8 Å². The van der Waals surface area contributed by atoms with E-state index < -0.39 is 17.7 Å². The molecule has 0 saturated heterocycles. The number of rotatable bonds is 5. The van der Waals surface area contributed by atoms with Crippen molar-refractivity contribution in [2.45, 2.75) is 0 Å². The van der Waals surface area contributed by atoms with E-state index in [1.165, 1.54) is 12.3 Å². The summed E-state index contributed by atoms with van der Waals surface area (Å²) in [7, 11) is 0. The van der Waals surface area contributed by atoms with Gasteiger partial charge in [0.25, 0.3) is 5.91 Å². The van der Waals surface area contributed by atoms with Crippen LogP contribution >= 0.6 is 15.9 Å². The lowest BCUT2D eigenvalue weighted by Crippen LogP contribution is -2.43. The number of primary amides is 2. The van der Waals surface area contributed by atoms with Gasteiger partial charge < -0.3 is 20.8 Å². The highest BCUT2D eigenvalue weighted by atomic mass is 79.9. The van der Waals surface area contributed by atoms with Crippen molar-refractivity contribution in [2.75, 3.05) is 13.1 Å². The predicted molar refractivity (Wildman–Crippen MR) is 60.7 cm³/mol. The van der Waals surface area contributed by atoms with Gasteiger partial charge in [-0.1, -0.05) is 0 Å². The van der Waals surface area contributed by atoms with E-state index in [4.69, 9.17) is 15.9 Å². The second kappa shape index (κ2) is 5.48. The molecule has 1 aromatic rings. The average Bonchev–Trinajstić information content (AvgIpc) is 2.61. The van der Waals surface area contributed by atoms with Crippen LogP contribution in [-0.2, 0) is 9.59 Å². The van der Waals surface area contributed by atoms with Crippen molar-refractivity contribution in [3.05, 3.63) is 22.6 Å². The Morgan fingerprint density at radius 1 is 1.24 bits per heavy atom. The zero-order chi connectivity index (χ0) is 13.0. The molecule has 1 aromatic heterocycles. The van der Waals surface area contributed by atoms with Crippen LogP contribution in [0.1, 0.15) is 10.4 Å². The maximum atomic E-state index is 11.9. The van der Waals surface area contributed by atoms with Crippen LogP contribution in [-0.4, -0.2) is 35.7 Å². The summed E-state index contributed by atoms with van der Waals surface area (Å²) in [4.78, 5) is 34.4. The summed E-state index contributed by atoms with van der Waals surface area (Å²) >= 11 is 3.02. The fourth-order valence-corrected chi connectivity index (χ4v) is 1.60. The molecule has 8 heteroatoms. The molecule has 0 bridgehead atoms. The third kappa shape index (κ3) is 3.59. The van der Waals surface area contributed by atoms with Crippen LogP contribution < -0.4 is 11.5 Å². The maximum Gasteiger partial charge on any atom is 0.259 e. The fourth-order valence-electron chi connectivity index (χ4n) is 1.19. The van der Waals surface area contributed by atoms with Gasteiger partial charge in [0, 0.05) is 0 Å². The molecule has 92 valence electrons. The molecule has 0 aliphatic carbocycles. The molecule has 3 amide bonds. The summed E-state index contributed by atoms with van der Waals surface area (Å²) in [5.74, 6) is -2.04. The van der Waals surface area contributed by atoms with E-state index in [1.54, 1.807) is 0 Å². The van der Waals surface area contributed by atoms with Crippen molar-refractivity contribution in [3.8, 4) is 0 Å². The number of nitrogens with zero attached hydrogens (tertiary/aromatic N) is 1. The van der Waals surface area contributed by atoms with Gasteiger partial charge in [-0.3, -0.25) is 14.4 Å². The zero-order valence-corrected chi connectivity index (χ0v) is 10.3. The number of carbonyl (C=O) groups is 3. The first kappa shape index (κ1) is 13.2. The second-order valence-corrected chi connectivity index (χ2v) is 3.92. The molecule has 0 spiro atoms. The van der Waals surface area contributed by atoms with E-state index in [2.05, 4.69) is 15.9 Å². The van der Waals surface area contributed by atoms with Crippen LogP contribution in [0.2, 0.25) is 0 Å². The quantitative estimate of drug-likeness (QED) is 0.758. The number of hydrogen-bond donors (Lipinski definition) is 2. The molecular formula is C9H10BrN3O4. The van der Waals surface area contributed by atoms with Gasteiger partial charge in [-0.2, -0.15) is 0 Å². The minimum Gasteiger partial charge on any atom is -0.457 e. The highest BCUT2D eigenvalue weighted by molar-refractivity contribution is 9.10. The van der Waals surface area contributed by atoms with E-state index in [-0.39, 0.29) is 23.3 Å². The molecule has 1 heterocycles. The molecule has 7 nitrogen and oxygen atoms in total. The summed E-state index contributed by atoms with van der Waals surface area (Å²) in [6.07, 6.45) is 1.30. The van der Waals surface area contributed by atoms with Crippen LogP contribution in [0.3, 0.4) is 0 Å². The first-order chi connectivity index (χ1) is 7.91. The van der Waals surface area contributed by atoms with Crippen molar-refractivity contribution in [1.82, 2.24) is 4.90 Å². The highest BCUT2D eigenvalue weighted by Crippen LogP contribution is 2.19. The lowest BCUT2D eigenvalue weighted by atomic mass is 10.3. The summed E-state index contributed by atoms with van der Waals surface area (Å²) in [5.41, 5.74) is 10.1.